The lowest BCUT2D eigenvalue weighted by atomic mass is 10.2. The summed E-state index contributed by atoms with van der Waals surface area (Å²) in [5.74, 6) is 0.674. The van der Waals surface area contributed by atoms with Crippen molar-refractivity contribution >= 4 is 17.9 Å². The van der Waals surface area contributed by atoms with Gasteiger partial charge in [-0.25, -0.2) is 9.78 Å². The van der Waals surface area contributed by atoms with E-state index >= 15 is 0 Å². The van der Waals surface area contributed by atoms with Crippen molar-refractivity contribution in [3.63, 3.8) is 0 Å². The van der Waals surface area contributed by atoms with E-state index in [4.69, 9.17) is 5.11 Å². The molecular formula is C13H13N5O2. The van der Waals surface area contributed by atoms with Crippen molar-refractivity contribution in [3.05, 3.63) is 42.1 Å². The highest BCUT2D eigenvalue weighted by Crippen LogP contribution is 2.22. The molecule has 0 unspecified atom stereocenters. The molecule has 7 heteroatoms. The predicted octanol–water partition coefficient (Wildman–Crippen LogP) is 0.791. The van der Waals surface area contributed by atoms with Crippen LogP contribution in [0.4, 0.5) is 5.82 Å². The van der Waals surface area contributed by atoms with Crippen LogP contribution in [0.3, 0.4) is 0 Å². The second-order valence-corrected chi connectivity index (χ2v) is 4.45. The van der Waals surface area contributed by atoms with Crippen LogP contribution in [0, 0.1) is 0 Å². The van der Waals surface area contributed by atoms with Crippen LogP contribution in [0.15, 0.2) is 30.7 Å². The third-order valence-corrected chi connectivity index (χ3v) is 3.16. The van der Waals surface area contributed by atoms with Crippen LogP contribution in [0.25, 0.3) is 6.08 Å². The number of carboxylic acids is 1. The van der Waals surface area contributed by atoms with E-state index < -0.39 is 5.97 Å². The fourth-order valence-electron chi connectivity index (χ4n) is 2.21. The standard InChI is InChI=1S/C13H13N5O2/c19-12(20)4-3-10-2-1-5-14-13(10)17-6-7-18-9-15-16-11(18)8-17/h1-5,9H,6-8H2,(H,19,20)/b4-3+. The molecule has 1 aliphatic rings. The van der Waals surface area contributed by atoms with Gasteiger partial charge in [-0.1, -0.05) is 0 Å². The molecule has 0 bridgehead atoms. The second kappa shape index (κ2) is 5.12. The van der Waals surface area contributed by atoms with Gasteiger partial charge in [-0.3, -0.25) is 0 Å². The van der Waals surface area contributed by atoms with E-state index in [1.54, 1.807) is 24.7 Å². The predicted molar refractivity (Wildman–Crippen MR) is 72.0 cm³/mol. The number of nitrogens with zero attached hydrogens (tertiary/aromatic N) is 5. The van der Waals surface area contributed by atoms with Crippen molar-refractivity contribution in [1.82, 2.24) is 19.7 Å². The van der Waals surface area contributed by atoms with Crippen molar-refractivity contribution in [1.29, 1.82) is 0 Å². The number of aliphatic carboxylic acids is 1. The number of anilines is 1. The summed E-state index contributed by atoms with van der Waals surface area (Å²) >= 11 is 0. The Morgan fingerprint density at radius 2 is 2.30 bits per heavy atom. The molecule has 0 saturated carbocycles. The zero-order valence-corrected chi connectivity index (χ0v) is 10.7. The van der Waals surface area contributed by atoms with Crippen molar-refractivity contribution in [2.45, 2.75) is 13.1 Å². The third-order valence-electron chi connectivity index (χ3n) is 3.16. The molecule has 0 atom stereocenters. The summed E-state index contributed by atoms with van der Waals surface area (Å²) in [7, 11) is 0. The molecule has 102 valence electrons. The Balaban J connectivity index is 1.89. The van der Waals surface area contributed by atoms with Gasteiger partial charge in [-0.05, 0) is 18.2 Å². The maximum atomic E-state index is 10.6. The fraction of sp³-hybridized carbons (Fsp3) is 0.231. The summed E-state index contributed by atoms with van der Waals surface area (Å²) in [6.07, 6.45) is 6.10. The van der Waals surface area contributed by atoms with Crippen LogP contribution >= 0.6 is 0 Å². The van der Waals surface area contributed by atoms with E-state index in [9.17, 15) is 4.79 Å². The monoisotopic (exact) mass is 271 g/mol. The van der Waals surface area contributed by atoms with Crippen LogP contribution in [0.1, 0.15) is 11.4 Å². The fourth-order valence-corrected chi connectivity index (χ4v) is 2.21. The quantitative estimate of drug-likeness (QED) is 0.831. The highest BCUT2D eigenvalue weighted by Gasteiger charge is 2.20. The number of rotatable bonds is 3. The maximum absolute atomic E-state index is 10.6. The Bertz CT molecular complexity index is 664. The molecular weight excluding hydrogens is 258 g/mol. The number of aromatic nitrogens is 4. The summed E-state index contributed by atoms with van der Waals surface area (Å²) in [6, 6.07) is 3.64. The van der Waals surface area contributed by atoms with Gasteiger partial charge >= 0.3 is 5.97 Å². The SMILES string of the molecule is O=C(O)/C=C/c1cccnc1N1CCn2cnnc2C1. The summed E-state index contributed by atoms with van der Waals surface area (Å²) in [4.78, 5) is 17.1. The Hall–Kier alpha value is -2.70. The Labute approximate surface area is 115 Å². The van der Waals surface area contributed by atoms with Crippen molar-refractivity contribution in [3.8, 4) is 0 Å². The molecule has 0 spiro atoms. The first-order valence-corrected chi connectivity index (χ1v) is 6.22. The number of pyridine rings is 1. The minimum absolute atomic E-state index is 0.616. The molecule has 0 fully saturated rings. The lowest BCUT2D eigenvalue weighted by Crippen LogP contribution is -2.34. The van der Waals surface area contributed by atoms with E-state index in [1.807, 2.05) is 10.6 Å². The van der Waals surface area contributed by atoms with Crippen LogP contribution in [-0.2, 0) is 17.9 Å². The summed E-state index contributed by atoms with van der Waals surface area (Å²) < 4.78 is 2.01. The maximum Gasteiger partial charge on any atom is 0.328 e. The van der Waals surface area contributed by atoms with Crippen molar-refractivity contribution in [2.24, 2.45) is 0 Å². The van der Waals surface area contributed by atoms with E-state index in [0.29, 0.717) is 6.54 Å². The van der Waals surface area contributed by atoms with Crippen LogP contribution in [-0.4, -0.2) is 37.4 Å². The minimum atomic E-state index is -0.974. The summed E-state index contributed by atoms with van der Waals surface area (Å²) in [6.45, 7) is 2.20. The number of hydrogen-bond donors (Lipinski definition) is 1. The van der Waals surface area contributed by atoms with Gasteiger partial charge in [0, 0.05) is 30.9 Å². The normalized spacial score (nSPS) is 14.5. The molecule has 20 heavy (non-hydrogen) atoms. The van der Waals surface area contributed by atoms with Gasteiger partial charge in [-0.15, -0.1) is 10.2 Å². The van der Waals surface area contributed by atoms with Crippen LogP contribution < -0.4 is 4.90 Å². The molecule has 0 aromatic carbocycles. The van der Waals surface area contributed by atoms with Crippen molar-refractivity contribution in [2.75, 3.05) is 11.4 Å². The van der Waals surface area contributed by atoms with Gasteiger partial charge < -0.3 is 14.6 Å². The van der Waals surface area contributed by atoms with Crippen LogP contribution in [0.2, 0.25) is 0 Å². The third kappa shape index (κ3) is 2.37. The number of fused-ring (bicyclic) bond motifs is 1. The zero-order valence-electron chi connectivity index (χ0n) is 10.7. The molecule has 7 nitrogen and oxygen atoms in total. The zero-order chi connectivity index (χ0) is 13.9. The first-order chi connectivity index (χ1) is 9.74. The van der Waals surface area contributed by atoms with Gasteiger partial charge in [0.15, 0.2) is 5.82 Å². The molecule has 3 rings (SSSR count). The van der Waals surface area contributed by atoms with Crippen LogP contribution in [0.5, 0.6) is 0 Å². The summed E-state index contributed by atoms with van der Waals surface area (Å²) in [5, 5.41) is 16.7. The lowest BCUT2D eigenvalue weighted by molar-refractivity contribution is -0.131. The van der Waals surface area contributed by atoms with Gasteiger partial charge in [0.05, 0.1) is 6.54 Å². The van der Waals surface area contributed by atoms with Gasteiger partial charge in [0.2, 0.25) is 0 Å². The van der Waals surface area contributed by atoms with Gasteiger partial charge in [0.1, 0.15) is 12.1 Å². The Morgan fingerprint density at radius 3 is 3.15 bits per heavy atom. The first kappa shape index (κ1) is 12.3. The second-order valence-electron chi connectivity index (χ2n) is 4.45. The lowest BCUT2D eigenvalue weighted by Gasteiger charge is -2.29. The van der Waals surface area contributed by atoms with E-state index in [1.165, 1.54) is 0 Å². The van der Waals surface area contributed by atoms with Crippen molar-refractivity contribution < 1.29 is 9.90 Å². The molecule has 1 N–H and O–H groups in total. The average Bonchev–Trinajstić information content (AvgIpc) is 2.92. The Kier molecular flexibility index (Phi) is 3.16. The van der Waals surface area contributed by atoms with Gasteiger partial charge in [-0.2, -0.15) is 0 Å². The molecule has 3 heterocycles. The number of carbonyl (C=O) groups is 1. The summed E-state index contributed by atoms with van der Waals surface area (Å²) in [5.41, 5.74) is 0.780. The topological polar surface area (TPSA) is 84.1 Å². The molecule has 2 aromatic rings. The molecule has 0 radical (unpaired) electrons. The largest absolute Gasteiger partial charge is 0.478 e. The molecule has 2 aromatic heterocycles. The molecule has 0 aliphatic carbocycles. The van der Waals surface area contributed by atoms with Gasteiger partial charge in [0.25, 0.3) is 0 Å². The molecule has 0 amide bonds. The average molecular weight is 271 g/mol. The minimum Gasteiger partial charge on any atom is -0.478 e. The molecule has 0 saturated heterocycles. The first-order valence-electron chi connectivity index (χ1n) is 6.22. The van der Waals surface area contributed by atoms with E-state index in [-0.39, 0.29) is 0 Å². The highest BCUT2D eigenvalue weighted by atomic mass is 16.4. The highest BCUT2D eigenvalue weighted by molar-refractivity contribution is 5.86. The number of carboxylic acid groups (broad SMARTS) is 1. The Morgan fingerprint density at radius 1 is 1.40 bits per heavy atom. The van der Waals surface area contributed by atoms with E-state index in [2.05, 4.69) is 20.1 Å². The smallest absolute Gasteiger partial charge is 0.328 e. The molecule has 1 aliphatic heterocycles. The number of hydrogen-bond acceptors (Lipinski definition) is 5. The van der Waals surface area contributed by atoms with E-state index in [0.717, 1.165) is 36.4 Å².